The SMILES string of the molecule is O=C(/C=N/O)c1ccc(F)c(Cl)c1. The minimum absolute atomic E-state index is 0.141. The van der Waals surface area contributed by atoms with Gasteiger partial charge in [-0.1, -0.05) is 16.8 Å². The zero-order valence-corrected chi connectivity index (χ0v) is 7.12. The molecule has 3 nitrogen and oxygen atoms in total. The van der Waals surface area contributed by atoms with E-state index in [0.717, 1.165) is 6.07 Å². The van der Waals surface area contributed by atoms with Crippen LogP contribution >= 0.6 is 11.6 Å². The Hall–Kier alpha value is -1.42. The Kier molecular flexibility index (Phi) is 2.97. The minimum atomic E-state index is -0.598. The van der Waals surface area contributed by atoms with Crippen molar-refractivity contribution in [2.24, 2.45) is 5.16 Å². The van der Waals surface area contributed by atoms with Gasteiger partial charge in [-0.25, -0.2) is 4.39 Å². The molecule has 0 fully saturated rings. The number of carbonyl (C=O) groups excluding carboxylic acids is 1. The van der Waals surface area contributed by atoms with Crippen molar-refractivity contribution in [1.82, 2.24) is 0 Å². The van der Waals surface area contributed by atoms with Crippen LogP contribution in [0.25, 0.3) is 0 Å². The van der Waals surface area contributed by atoms with Gasteiger partial charge in [-0.15, -0.1) is 0 Å². The van der Waals surface area contributed by atoms with Gasteiger partial charge in [0.15, 0.2) is 0 Å². The highest BCUT2D eigenvalue weighted by atomic mass is 35.5. The summed E-state index contributed by atoms with van der Waals surface area (Å²) in [4.78, 5) is 11.0. The molecule has 0 atom stereocenters. The maximum atomic E-state index is 12.6. The van der Waals surface area contributed by atoms with Gasteiger partial charge in [0, 0.05) is 5.56 Å². The van der Waals surface area contributed by atoms with Gasteiger partial charge in [0.05, 0.1) is 5.02 Å². The number of halogens is 2. The Balaban J connectivity index is 3.04. The van der Waals surface area contributed by atoms with Crippen molar-refractivity contribution >= 4 is 23.6 Å². The van der Waals surface area contributed by atoms with E-state index >= 15 is 0 Å². The molecule has 0 aromatic heterocycles. The lowest BCUT2D eigenvalue weighted by Gasteiger charge is -1.96. The molecule has 0 radical (unpaired) electrons. The molecule has 1 N–H and O–H groups in total. The molecule has 0 bridgehead atoms. The topological polar surface area (TPSA) is 49.7 Å². The molecule has 0 aliphatic rings. The zero-order chi connectivity index (χ0) is 9.84. The Morgan fingerprint density at radius 2 is 2.31 bits per heavy atom. The molecule has 1 aromatic rings. The quantitative estimate of drug-likeness (QED) is 0.345. The smallest absolute Gasteiger partial charge is 0.207 e. The van der Waals surface area contributed by atoms with E-state index in [1.165, 1.54) is 12.1 Å². The number of nitrogens with zero attached hydrogens (tertiary/aromatic N) is 1. The van der Waals surface area contributed by atoms with Crippen LogP contribution in [-0.4, -0.2) is 17.2 Å². The van der Waals surface area contributed by atoms with Crippen molar-refractivity contribution in [2.75, 3.05) is 0 Å². The molecule has 0 heterocycles. The molecule has 1 aromatic carbocycles. The maximum Gasteiger partial charge on any atom is 0.207 e. The fourth-order valence-electron chi connectivity index (χ4n) is 0.776. The van der Waals surface area contributed by atoms with E-state index in [2.05, 4.69) is 5.16 Å². The molecule has 13 heavy (non-hydrogen) atoms. The van der Waals surface area contributed by atoms with Gasteiger partial charge < -0.3 is 5.21 Å². The third-order valence-electron chi connectivity index (χ3n) is 1.38. The highest BCUT2D eigenvalue weighted by Crippen LogP contribution is 2.15. The summed E-state index contributed by atoms with van der Waals surface area (Å²) in [6.07, 6.45) is 0.712. The second-order valence-corrected chi connectivity index (χ2v) is 2.64. The number of oxime groups is 1. The van der Waals surface area contributed by atoms with E-state index in [1.807, 2.05) is 0 Å². The predicted octanol–water partition coefficient (Wildman–Crippen LogP) is 2.12. The van der Waals surface area contributed by atoms with Gasteiger partial charge in [0.25, 0.3) is 0 Å². The van der Waals surface area contributed by atoms with Crippen LogP contribution in [0.4, 0.5) is 4.39 Å². The highest BCUT2D eigenvalue weighted by molar-refractivity contribution is 6.36. The summed E-state index contributed by atoms with van der Waals surface area (Å²) in [6, 6.07) is 3.49. The third kappa shape index (κ3) is 2.26. The van der Waals surface area contributed by atoms with Crippen LogP contribution in [0.1, 0.15) is 10.4 Å². The van der Waals surface area contributed by atoms with Gasteiger partial charge in [-0.3, -0.25) is 4.79 Å². The standard InChI is InChI=1S/C8H5ClFNO2/c9-6-3-5(1-2-7(6)10)8(12)4-11-13/h1-4,13H/b11-4+. The lowest BCUT2D eigenvalue weighted by molar-refractivity contribution is 0.106. The highest BCUT2D eigenvalue weighted by Gasteiger charge is 2.06. The number of hydrogen-bond acceptors (Lipinski definition) is 3. The first-order valence-electron chi connectivity index (χ1n) is 3.32. The number of ketones is 1. The Morgan fingerprint density at radius 3 is 2.85 bits per heavy atom. The van der Waals surface area contributed by atoms with Gasteiger partial charge in [0.1, 0.15) is 12.0 Å². The molecule has 1 rings (SSSR count). The van der Waals surface area contributed by atoms with Crippen molar-refractivity contribution < 1.29 is 14.4 Å². The van der Waals surface area contributed by atoms with Crippen LogP contribution in [0.3, 0.4) is 0 Å². The molecule has 5 heteroatoms. The van der Waals surface area contributed by atoms with Crippen LogP contribution in [-0.2, 0) is 0 Å². The first-order chi connectivity index (χ1) is 6.15. The Labute approximate surface area is 78.4 Å². The number of rotatable bonds is 2. The first-order valence-corrected chi connectivity index (χ1v) is 3.69. The van der Waals surface area contributed by atoms with Crippen molar-refractivity contribution in [3.8, 4) is 0 Å². The number of carbonyl (C=O) groups is 1. The van der Waals surface area contributed by atoms with Crippen LogP contribution in [0.5, 0.6) is 0 Å². The summed E-state index contributed by atoms with van der Waals surface area (Å²) in [6.45, 7) is 0. The molecule has 0 unspecified atom stereocenters. The van der Waals surface area contributed by atoms with Gasteiger partial charge in [0.2, 0.25) is 5.78 Å². The molecule has 0 aliphatic heterocycles. The van der Waals surface area contributed by atoms with E-state index in [1.54, 1.807) is 0 Å². The second kappa shape index (κ2) is 4.00. The van der Waals surface area contributed by atoms with E-state index in [9.17, 15) is 9.18 Å². The molecular weight excluding hydrogens is 197 g/mol. The van der Waals surface area contributed by atoms with E-state index in [0.29, 0.717) is 6.21 Å². The lowest BCUT2D eigenvalue weighted by atomic mass is 10.1. The molecular formula is C8H5ClFNO2. The third-order valence-corrected chi connectivity index (χ3v) is 1.67. The normalized spacial score (nSPS) is 10.6. The van der Waals surface area contributed by atoms with E-state index in [-0.39, 0.29) is 10.6 Å². The van der Waals surface area contributed by atoms with Crippen LogP contribution < -0.4 is 0 Å². The fourth-order valence-corrected chi connectivity index (χ4v) is 0.957. The Bertz CT molecular complexity index is 365. The maximum absolute atomic E-state index is 12.6. The summed E-state index contributed by atoms with van der Waals surface area (Å²) in [7, 11) is 0. The number of benzene rings is 1. The van der Waals surface area contributed by atoms with Gasteiger partial charge in [-0.2, -0.15) is 0 Å². The average molecular weight is 202 g/mol. The summed E-state index contributed by atoms with van der Waals surface area (Å²) >= 11 is 5.42. The van der Waals surface area contributed by atoms with Crippen molar-refractivity contribution in [2.45, 2.75) is 0 Å². The van der Waals surface area contributed by atoms with Crippen LogP contribution in [0.15, 0.2) is 23.4 Å². The van der Waals surface area contributed by atoms with E-state index in [4.69, 9.17) is 16.8 Å². The molecule has 0 saturated carbocycles. The lowest BCUT2D eigenvalue weighted by Crippen LogP contribution is -2.00. The summed E-state index contributed by atoms with van der Waals surface area (Å²) < 4.78 is 12.6. The van der Waals surface area contributed by atoms with Crippen molar-refractivity contribution in [1.29, 1.82) is 0 Å². The molecule has 68 valence electrons. The zero-order valence-electron chi connectivity index (χ0n) is 6.37. The summed E-state index contributed by atoms with van der Waals surface area (Å²) in [5.74, 6) is -1.14. The van der Waals surface area contributed by atoms with Gasteiger partial charge >= 0.3 is 0 Å². The number of Topliss-reactive ketones (excluding diaryl/α,β-unsaturated/α-hetero) is 1. The number of hydrogen-bond donors (Lipinski definition) is 1. The molecule has 0 saturated heterocycles. The van der Waals surface area contributed by atoms with Crippen molar-refractivity contribution in [3.05, 3.63) is 34.6 Å². The molecule has 0 aliphatic carbocycles. The largest absolute Gasteiger partial charge is 0.411 e. The van der Waals surface area contributed by atoms with E-state index < -0.39 is 11.6 Å². The fraction of sp³-hybridized carbons (Fsp3) is 0. The summed E-state index contributed by atoms with van der Waals surface area (Å²) in [5.41, 5.74) is 0.171. The molecule has 0 amide bonds. The van der Waals surface area contributed by atoms with Gasteiger partial charge in [-0.05, 0) is 18.2 Å². The average Bonchev–Trinajstić information content (AvgIpc) is 2.10. The van der Waals surface area contributed by atoms with Crippen LogP contribution in [0, 0.1) is 5.82 Å². The second-order valence-electron chi connectivity index (χ2n) is 2.24. The van der Waals surface area contributed by atoms with Crippen molar-refractivity contribution in [3.63, 3.8) is 0 Å². The first kappa shape index (κ1) is 9.67. The monoisotopic (exact) mass is 201 g/mol. The minimum Gasteiger partial charge on any atom is -0.411 e. The predicted molar refractivity (Wildman–Crippen MR) is 46.0 cm³/mol. The van der Waals surface area contributed by atoms with Crippen LogP contribution in [0.2, 0.25) is 5.02 Å². The molecule has 0 spiro atoms. The summed E-state index contributed by atoms with van der Waals surface area (Å²) in [5, 5.41) is 10.5. The Morgan fingerprint density at radius 1 is 1.62 bits per heavy atom.